The third kappa shape index (κ3) is 2.81. The number of carbonyl (C=O) groups excluding carboxylic acids is 3. The van der Waals surface area contributed by atoms with Crippen molar-refractivity contribution < 1.29 is 28.6 Å². The van der Waals surface area contributed by atoms with Crippen LogP contribution in [0, 0.1) is 11.3 Å². The Morgan fingerprint density at radius 2 is 1.57 bits per heavy atom. The van der Waals surface area contributed by atoms with E-state index in [1.54, 1.807) is 0 Å². The summed E-state index contributed by atoms with van der Waals surface area (Å²) in [5.74, 6) is -3.09. The molecule has 1 aromatic carbocycles. The minimum atomic E-state index is -1.68. The molecule has 1 aliphatic rings. The van der Waals surface area contributed by atoms with Crippen LogP contribution in [0.2, 0.25) is 0 Å². The van der Waals surface area contributed by atoms with E-state index in [2.05, 4.69) is 0 Å². The van der Waals surface area contributed by atoms with Gasteiger partial charge >= 0.3 is 17.9 Å². The fourth-order valence-electron chi connectivity index (χ4n) is 2.85. The summed E-state index contributed by atoms with van der Waals surface area (Å²) >= 11 is 1.35. The van der Waals surface area contributed by atoms with E-state index in [1.807, 2.05) is 30.3 Å². The molecule has 0 amide bonds. The van der Waals surface area contributed by atoms with Gasteiger partial charge in [0.2, 0.25) is 0 Å². The van der Waals surface area contributed by atoms with Gasteiger partial charge in [0.1, 0.15) is 0 Å². The van der Waals surface area contributed by atoms with E-state index < -0.39 is 34.5 Å². The summed E-state index contributed by atoms with van der Waals surface area (Å²) in [6.45, 7) is 0. The number of hydrogen-bond acceptors (Lipinski definition) is 7. The smallest absolute Gasteiger partial charge is 0.325 e. The summed E-state index contributed by atoms with van der Waals surface area (Å²) < 4.78 is 14.4. The topological polar surface area (TPSA) is 78.9 Å². The zero-order valence-electron chi connectivity index (χ0n) is 13.1. The Labute approximate surface area is 138 Å². The molecule has 7 heteroatoms. The number of esters is 3. The Kier molecular flexibility index (Phi) is 5.30. The molecule has 2 atom stereocenters. The van der Waals surface area contributed by atoms with E-state index in [0.29, 0.717) is 6.42 Å². The Hall–Kier alpha value is -2.02. The van der Waals surface area contributed by atoms with E-state index in [0.717, 1.165) is 4.90 Å². The van der Waals surface area contributed by atoms with Crippen LogP contribution in [-0.2, 0) is 28.6 Å². The molecule has 23 heavy (non-hydrogen) atoms. The summed E-state index contributed by atoms with van der Waals surface area (Å²) in [6.07, 6.45) is 0.330. The molecule has 0 aromatic heterocycles. The highest BCUT2D eigenvalue weighted by Crippen LogP contribution is 2.56. The van der Waals surface area contributed by atoms with Crippen LogP contribution in [-0.4, -0.2) is 44.5 Å². The van der Waals surface area contributed by atoms with Crippen molar-refractivity contribution in [2.45, 2.75) is 16.6 Å². The molecule has 0 N–H and O–H groups in total. The summed E-state index contributed by atoms with van der Waals surface area (Å²) in [7, 11) is 3.59. The average Bonchev–Trinajstić information content (AvgIpc) is 2.58. The minimum Gasteiger partial charge on any atom is -0.469 e. The molecule has 0 bridgehead atoms. The van der Waals surface area contributed by atoms with Gasteiger partial charge in [0.15, 0.2) is 5.41 Å². The number of benzene rings is 1. The molecule has 1 aliphatic carbocycles. The second kappa shape index (κ2) is 7.04. The Morgan fingerprint density at radius 1 is 1.00 bits per heavy atom. The van der Waals surface area contributed by atoms with E-state index >= 15 is 0 Å². The van der Waals surface area contributed by atoms with Crippen molar-refractivity contribution in [2.75, 3.05) is 21.3 Å². The van der Waals surface area contributed by atoms with Crippen LogP contribution in [0.4, 0.5) is 0 Å². The maximum absolute atomic E-state index is 12.4. The quantitative estimate of drug-likeness (QED) is 0.459. The van der Waals surface area contributed by atoms with Crippen LogP contribution < -0.4 is 0 Å². The number of ether oxygens (including phenoxy) is 3. The first-order valence-corrected chi connectivity index (χ1v) is 7.86. The minimum absolute atomic E-state index is 0.330. The molecular weight excluding hydrogens is 320 g/mol. The van der Waals surface area contributed by atoms with Gasteiger partial charge < -0.3 is 14.2 Å². The van der Waals surface area contributed by atoms with Crippen molar-refractivity contribution in [3.05, 3.63) is 30.3 Å². The molecule has 2 rings (SSSR count). The molecule has 6 nitrogen and oxygen atoms in total. The molecular formula is C16H18O6S. The largest absolute Gasteiger partial charge is 0.469 e. The third-order valence-electron chi connectivity index (χ3n) is 4.06. The average molecular weight is 338 g/mol. The van der Waals surface area contributed by atoms with Crippen LogP contribution in [0.1, 0.15) is 6.42 Å². The Bertz CT molecular complexity index is 584. The first-order chi connectivity index (χ1) is 11.0. The third-order valence-corrected chi connectivity index (χ3v) is 5.45. The summed E-state index contributed by atoms with van der Waals surface area (Å²) in [5.41, 5.74) is -1.68. The van der Waals surface area contributed by atoms with Gasteiger partial charge in [0.05, 0.1) is 27.2 Å². The van der Waals surface area contributed by atoms with Crippen LogP contribution >= 0.6 is 11.8 Å². The second-order valence-corrected chi connectivity index (χ2v) is 6.36. The van der Waals surface area contributed by atoms with Crippen molar-refractivity contribution in [1.29, 1.82) is 0 Å². The summed E-state index contributed by atoms with van der Waals surface area (Å²) in [5, 5.41) is -0.464. The monoisotopic (exact) mass is 338 g/mol. The van der Waals surface area contributed by atoms with Crippen molar-refractivity contribution >= 4 is 29.7 Å². The lowest BCUT2D eigenvalue weighted by Gasteiger charge is -2.48. The highest BCUT2D eigenvalue weighted by atomic mass is 32.2. The van der Waals surface area contributed by atoms with E-state index in [9.17, 15) is 14.4 Å². The SMILES string of the molecule is COC(=O)C1CC(Sc2ccccc2)C1(C(=O)OC)C(=O)OC. The van der Waals surface area contributed by atoms with Gasteiger partial charge in [-0.25, -0.2) is 0 Å². The number of methoxy groups -OCH3 is 3. The highest BCUT2D eigenvalue weighted by molar-refractivity contribution is 8.00. The van der Waals surface area contributed by atoms with Gasteiger partial charge in [-0.2, -0.15) is 0 Å². The Morgan fingerprint density at radius 3 is 2.04 bits per heavy atom. The van der Waals surface area contributed by atoms with Gasteiger partial charge in [-0.05, 0) is 18.6 Å². The van der Waals surface area contributed by atoms with Gasteiger partial charge in [0.25, 0.3) is 0 Å². The van der Waals surface area contributed by atoms with Gasteiger partial charge in [-0.1, -0.05) is 18.2 Å². The maximum Gasteiger partial charge on any atom is 0.325 e. The van der Waals surface area contributed by atoms with Crippen LogP contribution in [0.3, 0.4) is 0 Å². The van der Waals surface area contributed by atoms with Crippen molar-refractivity contribution in [1.82, 2.24) is 0 Å². The second-order valence-electron chi connectivity index (χ2n) is 5.08. The van der Waals surface area contributed by atoms with Gasteiger partial charge in [0, 0.05) is 10.1 Å². The molecule has 0 aliphatic heterocycles. The van der Waals surface area contributed by atoms with Gasteiger partial charge in [-0.15, -0.1) is 11.8 Å². The first-order valence-electron chi connectivity index (χ1n) is 6.98. The lowest BCUT2D eigenvalue weighted by atomic mass is 9.59. The van der Waals surface area contributed by atoms with Crippen molar-refractivity contribution in [2.24, 2.45) is 11.3 Å². The fourth-order valence-corrected chi connectivity index (χ4v) is 4.32. The maximum atomic E-state index is 12.4. The molecule has 1 fully saturated rings. The van der Waals surface area contributed by atoms with E-state index in [4.69, 9.17) is 14.2 Å². The zero-order valence-corrected chi connectivity index (χ0v) is 13.9. The summed E-state index contributed by atoms with van der Waals surface area (Å²) in [4.78, 5) is 37.7. The predicted octanol–water partition coefficient (Wildman–Crippen LogP) is 1.67. The molecule has 0 radical (unpaired) electrons. The number of thioether (sulfide) groups is 1. The molecule has 0 heterocycles. The normalized spacial score (nSPS) is 21.7. The van der Waals surface area contributed by atoms with Crippen LogP contribution in [0.15, 0.2) is 35.2 Å². The lowest BCUT2D eigenvalue weighted by Crippen LogP contribution is -2.64. The summed E-state index contributed by atoms with van der Waals surface area (Å²) in [6, 6.07) is 9.33. The standard InChI is InChI=1S/C16H18O6S/c1-20-13(17)11-9-12(23-10-7-5-4-6-8-10)16(11,14(18)21-2)15(19)22-3/h4-8,11-12H,9H2,1-3H3. The van der Waals surface area contributed by atoms with Gasteiger partial charge in [-0.3, -0.25) is 14.4 Å². The number of carbonyl (C=O) groups is 3. The fraction of sp³-hybridized carbons (Fsp3) is 0.438. The Balaban J connectivity index is 2.40. The first kappa shape index (κ1) is 17.3. The van der Waals surface area contributed by atoms with Crippen molar-refractivity contribution in [3.8, 4) is 0 Å². The zero-order chi connectivity index (χ0) is 17.0. The van der Waals surface area contributed by atoms with Crippen molar-refractivity contribution in [3.63, 3.8) is 0 Å². The van der Waals surface area contributed by atoms with Crippen LogP contribution in [0.5, 0.6) is 0 Å². The highest BCUT2D eigenvalue weighted by Gasteiger charge is 2.70. The van der Waals surface area contributed by atoms with E-state index in [1.165, 1.54) is 33.1 Å². The number of hydrogen-bond donors (Lipinski definition) is 0. The molecule has 0 spiro atoms. The molecule has 1 saturated carbocycles. The molecule has 1 aromatic rings. The molecule has 2 unspecified atom stereocenters. The molecule has 0 saturated heterocycles. The lowest BCUT2D eigenvalue weighted by molar-refractivity contribution is -0.190. The molecule has 124 valence electrons. The van der Waals surface area contributed by atoms with E-state index in [-0.39, 0.29) is 0 Å². The predicted molar refractivity (Wildman–Crippen MR) is 82.7 cm³/mol. The number of rotatable bonds is 5. The van der Waals surface area contributed by atoms with Crippen LogP contribution in [0.25, 0.3) is 0 Å².